The molecule has 0 saturated heterocycles. The fourth-order valence-corrected chi connectivity index (χ4v) is 2.80. The number of carbonyl (C=O) groups is 3. The Kier molecular flexibility index (Phi) is 6.44. The molecule has 7 nitrogen and oxygen atoms in total. The summed E-state index contributed by atoms with van der Waals surface area (Å²) in [5.74, 6) is -1.60. The Morgan fingerprint density at radius 1 is 0.933 bits per heavy atom. The van der Waals surface area contributed by atoms with Gasteiger partial charge in [0.2, 0.25) is 0 Å². The van der Waals surface area contributed by atoms with Gasteiger partial charge in [-0.25, -0.2) is 0 Å². The molecule has 3 aromatic rings. The summed E-state index contributed by atoms with van der Waals surface area (Å²) >= 11 is 0. The number of imide groups is 1. The molecule has 0 aliphatic rings. The highest BCUT2D eigenvalue weighted by Crippen LogP contribution is 2.20. The average Bonchev–Trinajstić information content (AvgIpc) is 2.77. The number of hydrogen-bond acceptors (Lipinski definition) is 5. The van der Waals surface area contributed by atoms with Gasteiger partial charge in [0.15, 0.2) is 0 Å². The second-order valence-corrected chi connectivity index (χ2v) is 6.40. The Labute approximate surface area is 174 Å². The Bertz CT molecular complexity index is 1110. The number of nitrogens with one attached hydrogen (secondary N) is 1. The number of aryl methyl sites for hydroxylation is 1. The molecule has 0 unspecified atom stereocenters. The number of hydrazone groups is 1. The van der Waals surface area contributed by atoms with Crippen LogP contribution in [0.3, 0.4) is 0 Å². The predicted molar refractivity (Wildman–Crippen MR) is 114 cm³/mol. The molecular formula is C23H20N4O3. The van der Waals surface area contributed by atoms with Gasteiger partial charge < -0.3 is 5.32 Å². The lowest BCUT2D eigenvalue weighted by atomic mass is 10.1. The van der Waals surface area contributed by atoms with E-state index in [0.717, 1.165) is 10.6 Å². The molecule has 1 aromatic heterocycles. The predicted octanol–water partition coefficient (Wildman–Crippen LogP) is 3.93. The lowest BCUT2D eigenvalue weighted by Crippen LogP contribution is -2.33. The maximum absolute atomic E-state index is 13.2. The minimum Gasteiger partial charge on any atom is -0.321 e. The summed E-state index contributed by atoms with van der Waals surface area (Å²) in [7, 11) is 0. The topological polar surface area (TPSA) is 91.7 Å². The van der Waals surface area contributed by atoms with Gasteiger partial charge in [-0.3, -0.25) is 19.4 Å². The fourth-order valence-electron chi connectivity index (χ4n) is 2.80. The van der Waals surface area contributed by atoms with Gasteiger partial charge in [-0.15, -0.1) is 0 Å². The summed E-state index contributed by atoms with van der Waals surface area (Å²) in [5, 5.41) is 7.49. The van der Waals surface area contributed by atoms with E-state index in [4.69, 9.17) is 0 Å². The lowest BCUT2D eigenvalue weighted by Gasteiger charge is -2.18. The van der Waals surface area contributed by atoms with E-state index in [1.807, 2.05) is 13.0 Å². The van der Waals surface area contributed by atoms with Crippen molar-refractivity contribution in [2.45, 2.75) is 13.8 Å². The van der Waals surface area contributed by atoms with Crippen LogP contribution in [0.4, 0.5) is 5.69 Å². The fraction of sp³-hybridized carbons (Fsp3) is 0.0870. The van der Waals surface area contributed by atoms with Crippen LogP contribution in [-0.2, 0) is 0 Å². The van der Waals surface area contributed by atoms with E-state index in [9.17, 15) is 14.4 Å². The van der Waals surface area contributed by atoms with Crippen LogP contribution < -0.4 is 5.32 Å². The first kappa shape index (κ1) is 20.6. The second kappa shape index (κ2) is 9.38. The van der Waals surface area contributed by atoms with Gasteiger partial charge >= 0.3 is 0 Å². The summed E-state index contributed by atoms with van der Waals surface area (Å²) < 4.78 is 0. The molecular weight excluding hydrogens is 380 g/mol. The molecule has 0 fully saturated rings. The lowest BCUT2D eigenvalue weighted by molar-refractivity contribution is 0.0622. The van der Waals surface area contributed by atoms with Crippen molar-refractivity contribution < 1.29 is 14.4 Å². The molecule has 3 amide bonds. The number of carbonyl (C=O) groups excluding carboxylic acids is 3. The molecule has 0 aliphatic heterocycles. The van der Waals surface area contributed by atoms with Crippen LogP contribution in [0.25, 0.3) is 0 Å². The highest BCUT2D eigenvalue weighted by molar-refractivity contribution is 6.14. The minimum atomic E-state index is -0.648. The Morgan fingerprint density at radius 2 is 1.67 bits per heavy atom. The second-order valence-electron chi connectivity index (χ2n) is 6.40. The van der Waals surface area contributed by atoms with Crippen molar-refractivity contribution >= 4 is 29.6 Å². The first-order valence-corrected chi connectivity index (χ1v) is 9.25. The maximum atomic E-state index is 13.2. The van der Waals surface area contributed by atoms with E-state index in [-0.39, 0.29) is 11.3 Å². The highest BCUT2D eigenvalue weighted by Gasteiger charge is 2.26. The monoisotopic (exact) mass is 400 g/mol. The molecule has 1 heterocycles. The first-order valence-electron chi connectivity index (χ1n) is 9.25. The normalized spacial score (nSPS) is 10.6. The highest BCUT2D eigenvalue weighted by atomic mass is 16.2. The number of pyridine rings is 1. The zero-order chi connectivity index (χ0) is 21.5. The van der Waals surface area contributed by atoms with Crippen LogP contribution in [-0.4, -0.2) is 33.9 Å². The summed E-state index contributed by atoms with van der Waals surface area (Å²) in [4.78, 5) is 42.6. The van der Waals surface area contributed by atoms with Gasteiger partial charge in [-0.2, -0.15) is 10.1 Å². The summed E-state index contributed by atoms with van der Waals surface area (Å²) in [6.07, 6.45) is 4.37. The SMILES string of the molecule is CC=NN(C(=O)c1cccc(C)c1)C(=O)c1ccccc1NC(=O)c1ccncc1. The van der Waals surface area contributed by atoms with Crippen LogP contribution in [0.15, 0.2) is 78.2 Å². The number of benzene rings is 2. The van der Waals surface area contributed by atoms with Gasteiger partial charge in [0.05, 0.1) is 11.3 Å². The van der Waals surface area contributed by atoms with Crippen LogP contribution in [0.5, 0.6) is 0 Å². The number of rotatable bonds is 5. The number of anilines is 1. The molecule has 7 heteroatoms. The van der Waals surface area contributed by atoms with Crippen molar-refractivity contribution in [3.05, 3.63) is 95.3 Å². The maximum Gasteiger partial charge on any atom is 0.283 e. The van der Waals surface area contributed by atoms with Gasteiger partial charge in [0.1, 0.15) is 0 Å². The molecule has 0 atom stereocenters. The Balaban J connectivity index is 1.92. The van der Waals surface area contributed by atoms with E-state index in [1.54, 1.807) is 55.5 Å². The summed E-state index contributed by atoms with van der Waals surface area (Å²) in [6, 6.07) is 16.5. The van der Waals surface area contributed by atoms with Gasteiger partial charge in [0, 0.05) is 29.7 Å². The van der Waals surface area contributed by atoms with Crippen LogP contribution in [0, 0.1) is 6.92 Å². The largest absolute Gasteiger partial charge is 0.321 e. The standard InChI is InChI=1S/C23H20N4O3/c1-3-25-27(22(29)18-8-6-7-16(2)15-18)23(30)19-9-4-5-10-20(19)26-21(28)17-11-13-24-14-12-17/h3-15H,1-2H3,(H,26,28). The molecule has 150 valence electrons. The van der Waals surface area contributed by atoms with E-state index >= 15 is 0 Å². The molecule has 3 rings (SSSR count). The molecule has 2 aromatic carbocycles. The van der Waals surface area contributed by atoms with Crippen molar-refractivity contribution in [2.75, 3.05) is 5.32 Å². The Morgan fingerprint density at radius 3 is 2.37 bits per heavy atom. The first-order chi connectivity index (χ1) is 14.5. The van der Waals surface area contributed by atoms with Gasteiger partial charge in [-0.05, 0) is 50.2 Å². The third kappa shape index (κ3) is 4.64. The summed E-state index contributed by atoms with van der Waals surface area (Å²) in [6.45, 7) is 3.47. The third-order valence-corrected chi connectivity index (χ3v) is 4.23. The minimum absolute atomic E-state index is 0.145. The van der Waals surface area contributed by atoms with Crippen molar-refractivity contribution in [2.24, 2.45) is 5.10 Å². The zero-order valence-electron chi connectivity index (χ0n) is 16.6. The van der Waals surface area contributed by atoms with Crippen LogP contribution in [0.1, 0.15) is 43.6 Å². The molecule has 1 N–H and O–H groups in total. The average molecular weight is 400 g/mol. The van der Waals surface area contributed by atoms with Crippen LogP contribution >= 0.6 is 0 Å². The van der Waals surface area contributed by atoms with Crippen molar-refractivity contribution in [3.63, 3.8) is 0 Å². The van der Waals surface area contributed by atoms with Crippen molar-refractivity contribution in [1.82, 2.24) is 9.99 Å². The zero-order valence-corrected chi connectivity index (χ0v) is 16.6. The molecule has 0 spiro atoms. The smallest absolute Gasteiger partial charge is 0.283 e. The molecule has 0 radical (unpaired) electrons. The molecule has 0 aliphatic carbocycles. The van der Waals surface area contributed by atoms with Gasteiger partial charge in [-0.1, -0.05) is 29.8 Å². The van der Waals surface area contributed by atoms with E-state index in [0.29, 0.717) is 11.1 Å². The van der Waals surface area contributed by atoms with E-state index in [1.165, 1.54) is 24.7 Å². The van der Waals surface area contributed by atoms with Crippen molar-refractivity contribution in [3.8, 4) is 0 Å². The number of para-hydroxylation sites is 1. The van der Waals surface area contributed by atoms with Crippen molar-refractivity contribution in [1.29, 1.82) is 0 Å². The van der Waals surface area contributed by atoms with Gasteiger partial charge in [0.25, 0.3) is 17.7 Å². The number of nitrogens with zero attached hydrogens (tertiary/aromatic N) is 3. The number of hydrogen-bond donors (Lipinski definition) is 1. The van der Waals surface area contributed by atoms with E-state index < -0.39 is 17.7 Å². The quantitative estimate of drug-likeness (QED) is 0.399. The molecule has 30 heavy (non-hydrogen) atoms. The summed E-state index contributed by atoms with van der Waals surface area (Å²) in [5.41, 5.74) is 2.04. The van der Waals surface area contributed by atoms with E-state index in [2.05, 4.69) is 15.4 Å². The number of aromatic nitrogens is 1. The Hall–Kier alpha value is -4.13. The molecule has 0 bridgehead atoms. The number of amides is 3. The third-order valence-electron chi connectivity index (χ3n) is 4.23. The molecule has 0 saturated carbocycles. The van der Waals surface area contributed by atoms with Crippen LogP contribution in [0.2, 0.25) is 0 Å².